The Bertz CT molecular complexity index is 1370. The maximum absolute atomic E-state index is 11.8. The summed E-state index contributed by atoms with van der Waals surface area (Å²) in [6.45, 7) is -0.681. The monoisotopic (exact) mass is 662 g/mol. The summed E-state index contributed by atoms with van der Waals surface area (Å²) in [4.78, 5) is 11.8. The standard InChI is InChI=1S/C28H38O18/c1-9-4-16(32)41-12-5-10(2-3-11(9)12)40-27-22(38)24(18(34)14(7-30)43-27)46-28-23(39)25(19(35)15(8-31)44-28)45-26-21(37)20(36)17(33)13(6-29)42-26/h2-5,13-15,17-31,33-39H,6-8H2,1H3/t13-,14-,15-,17-,18-,19-,20+,21-,22-,23-,24+,25+,26+,27-,28+/m1/s1. The van der Waals surface area contributed by atoms with E-state index in [9.17, 15) is 55.9 Å². The van der Waals surface area contributed by atoms with Crippen LogP contribution >= 0.6 is 0 Å². The molecule has 3 aliphatic rings. The summed E-state index contributed by atoms with van der Waals surface area (Å²) < 4.78 is 38.6. The SMILES string of the molecule is Cc1cc(=O)oc2cc(O[C@@H]3O[C@H](CO)[C@@H](O)[C@H](O[C@@H]4O[C@H](CO)[C@@H](O)[C@H](O[C@@H]5O[C@H](CO)[C@@H](O)[C@H](O)[C@H]5O)[C@H]4O)[C@H]3O)ccc12. The predicted octanol–water partition coefficient (Wildman–Crippen LogP) is -5.07. The smallest absolute Gasteiger partial charge is 0.336 e. The van der Waals surface area contributed by atoms with E-state index in [-0.39, 0.29) is 11.3 Å². The summed E-state index contributed by atoms with van der Waals surface area (Å²) >= 11 is 0. The minimum absolute atomic E-state index is 0.0718. The first-order chi connectivity index (χ1) is 21.9. The summed E-state index contributed by atoms with van der Waals surface area (Å²) in [6, 6.07) is 5.79. The van der Waals surface area contributed by atoms with Gasteiger partial charge in [-0.15, -0.1) is 0 Å². The zero-order valence-corrected chi connectivity index (χ0v) is 24.3. The molecule has 15 atom stereocenters. The number of fused-ring (bicyclic) bond motifs is 1. The molecular weight excluding hydrogens is 624 g/mol. The molecule has 0 bridgehead atoms. The molecule has 2 aromatic rings. The van der Waals surface area contributed by atoms with Crippen LogP contribution in [0.2, 0.25) is 0 Å². The Morgan fingerprint density at radius 2 is 1.13 bits per heavy atom. The number of aliphatic hydroxyl groups is 10. The number of hydrogen-bond acceptors (Lipinski definition) is 18. The topological polar surface area (TPSA) is 288 Å². The summed E-state index contributed by atoms with van der Waals surface area (Å²) in [5, 5.41) is 104. The molecule has 3 fully saturated rings. The highest BCUT2D eigenvalue weighted by Gasteiger charge is 2.54. The van der Waals surface area contributed by atoms with Crippen LogP contribution in [-0.4, -0.2) is 163 Å². The van der Waals surface area contributed by atoms with E-state index in [1.807, 2.05) is 0 Å². The van der Waals surface area contributed by atoms with Gasteiger partial charge in [-0.3, -0.25) is 0 Å². The first-order valence-corrected chi connectivity index (χ1v) is 14.5. The van der Waals surface area contributed by atoms with E-state index in [0.29, 0.717) is 10.9 Å². The number of rotatable bonds is 9. The van der Waals surface area contributed by atoms with Crippen LogP contribution in [0, 0.1) is 6.92 Å². The molecule has 46 heavy (non-hydrogen) atoms. The predicted molar refractivity (Wildman–Crippen MR) is 147 cm³/mol. The van der Waals surface area contributed by atoms with Gasteiger partial charge in [-0.05, 0) is 24.6 Å². The quantitative estimate of drug-likeness (QED) is 0.112. The Kier molecular flexibility index (Phi) is 10.9. The van der Waals surface area contributed by atoms with E-state index in [1.165, 1.54) is 18.2 Å². The first-order valence-electron chi connectivity index (χ1n) is 14.5. The van der Waals surface area contributed by atoms with Gasteiger partial charge >= 0.3 is 5.63 Å². The maximum atomic E-state index is 11.8. The van der Waals surface area contributed by atoms with Gasteiger partial charge in [0.25, 0.3) is 0 Å². The van der Waals surface area contributed by atoms with Crippen LogP contribution in [0.4, 0.5) is 0 Å². The normalized spacial score (nSPS) is 41.8. The zero-order chi connectivity index (χ0) is 33.4. The number of aliphatic hydroxyl groups excluding tert-OH is 10. The van der Waals surface area contributed by atoms with E-state index in [2.05, 4.69) is 0 Å². The fourth-order valence-corrected chi connectivity index (χ4v) is 5.64. The molecule has 1 aromatic carbocycles. The van der Waals surface area contributed by atoms with Gasteiger partial charge in [0.1, 0.15) is 84.6 Å². The molecule has 3 saturated heterocycles. The summed E-state index contributed by atoms with van der Waals surface area (Å²) in [5.41, 5.74) is 0.228. The lowest BCUT2D eigenvalue weighted by molar-refractivity contribution is -0.378. The van der Waals surface area contributed by atoms with Crippen LogP contribution in [0.5, 0.6) is 5.75 Å². The van der Waals surface area contributed by atoms with Crippen LogP contribution in [0.3, 0.4) is 0 Å². The Morgan fingerprint density at radius 1 is 0.630 bits per heavy atom. The molecule has 0 unspecified atom stereocenters. The second kappa shape index (κ2) is 14.4. The molecule has 4 heterocycles. The third kappa shape index (κ3) is 6.79. The van der Waals surface area contributed by atoms with E-state index in [4.69, 9.17) is 32.8 Å². The lowest BCUT2D eigenvalue weighted by Gasteiger charge is -2.48. The molecule has 3 aliphatic heterocycles. The van der Waals surface area contributed by atoms with Crippen molar-refractivity contribution in [3.8, 4) is 5.75 Å². The third-order valence-electron chi connectivity index (χ3n) is 8.25. The highest BCUT2D eigenvalue weighted by atomic mass is 16.8. The molecule has 18 heteroatoms. The second-order valence-electron chi connectivity index (χ2n) is 11.3. The highest BCUT2D eigenvalue weighted by molar-refractivity contribution is 5.81. The Morgan fingerprint density at radius 3 is 1.70 bits per heavy atom. The Hall–Kier alpha value is -2.37. The molecule has 0 amide bonds. The number of benzene rings is 1. The van der Waals surface area contributed by atoms with Gasteiger partial charge in [-0.1, -0.05) is 0 Å². The molecule has 258 valence electrons. The van der Waals surface area contributed by atoms with E-state index in [1.54, 1.807) is 13.0 Å². The second-order valence-corrected chi connectivity index (χ2v) is 11.3. The molecule has 0 saturated carbocycles. The van der Waals surface area contributed by atoms with Crippen molar-refractivity contribution in [3.63, 3.8) is 0 Å². The molecular formula is C28H38O18. The average molecular weight is 663 g/mol. The minimum atomic E-state index is -1.97. The Balaban J connectivity index is 1.35. The van der Waals surface area contributed by atoms with Gasteiger partial charge in [-0.25, -0.2) is 4.79 Å². The summed E-state index contributed by atoms with van der Waals surface area (Å²) in [5.74, 6) is 0.0718. The van der Waals surface area contributed by atoms with Crippen LogP contribution in [-0.2, 0) is 23.7 Å². The van der Waals surface area contributed by atoms with E-state index < -0.39 is 118 Å². The van der Waals surface area contributed by atoms with Gasteiger partial charge in [-0.2, -0.15) is 0 Å². The van der Waals surface area contributed by atoms with Crippen LogP contribution in [0.25, 0.3) is 11.0 Å². The van der Waals surface area contributed by atoms with Crippen LogP contribution in [0.15, 0.2) is 33.5 Å². The van der Waals surface area contributed by atoms with Crippen molar-refractivity contribution in [2.75, 3.05) is 19.8 Å². The third-order valence-corrected chi connectivity index (χ3v) is 8.25. The van der Waals surface area contributed by atoms with Crippen molar-refractivity contribution in [2.45, 2.75) is 99.0 Å². The lowest BCUT2D eigenvalue weighted by Crippen LogP contribution is -2.67. The van der Waals surface area contributed by atoms with Crippen LogP contribution < -0.4 is 10.4 Å². The van der Waals surface area contributed by atoms with Crippen molar-refractivity contribution >= 4 is 11.0 Å². The molecule has 5 rings (SSSR count). The van der Waals surface area contributed by atoms with Crippen molar-refractivity contribution in [3.05, 3.63) is 40.2 Å². The molecule has 0 aliphatic carbocycles. The molecule has 10 N–H and O–H groups in total. The fourth-order valence-electron chi connectivity index (χ4n) is 5.64. The minimum Gasteiger partial charge on any atom is -0.462 e. The highest BCUT2D eigenvalue weighted by Crippen LogP contribution is 2.33. The molecule has 0 spiro atoms. The van der Waals surface area contributed by atoms with Gasteiger partial charge in [0, 0.05) is 17.5 Å². The summed E-state index contributed by atoms with van der Waals surface area (Å²) in [7, 11) is 0. The number of hydrogen-bond donors (Lipinski definition) is 10. The van der Waals surface area contributed by atoms with Crippen molar-refractivity contribution in [1.29, 1.82) is 0 Å². The average Bonchev–Trinajstić information content (AvgIpc) is 3.03. The van der Waals surface area contributed by atoms with Gasteiger partial charge < -0.3 is 83.9 Å². The molecule has 1 aromatic heterocycles. The van der Waals surface area contributed by atoms with E-state index in [0.717, 1.165) is 0 Å². The van der Waals surface area contributed by atoms with Gasteiger partial charge in [0.2, 0.25) is 6.29 Å². The van der Waals surface area contributed by atoms with Crippen molar-refractivity contribution in [2.24, 2.45) is 0 Å². The Labute approximate surface area is 260 Å². The van der Waals surface area contributed by atoms with Crippen molar-refractivity contribution < 1.29 is 83.9 Å². The largest absolute Gasteiger partial charge is 0.462 e. The lowest BCUT2D eigenvalue weighted by atomic mass is 9.96. The summed E-state index contributed by atoms with van der Waals surface area (Å²) in [6.07, 6.45) is -25.7. The molecule has 18 nitrogen and oxygen atoms in total. The van der Waals surface area contributed by atoms with Gasteiger partial charge in [0.05, 0.1) is 19.8 Å². The molecule has 0 radical (unpaired) electrons. The first kappa shape index (κ1) is 35.0. The van der Waals surface area contributed by atoms with Crippen molar-refractivity contribution in [1.82, 2.24) is 0 Å². The maximum Gasteiger partial charge on any atom is 0.336 e. The van der Waals surface area contributed by atoms with E-state index >= 15 is 0 Å². The van der Waals surface area contributed by atoms with Gasteiger partial charge in [0.15, 0.2) is 12.6 Å². The number of aryl methyl sites for hydroxylation is 1. The fraction of sp³-hybridized carbons (Fsp3) is 0.679. The number of ether oxygens (including phenoxy) is 6. The van der Waals surface area contributed by atoms with Crippen LogP contribution in [0.1, 0.15) is 5.56 Å². The zero-order valence-electron chi connectivity index (χ0n) is 24.3.